The number of phenolic OH excluding ortho intramolecular Hbond substituents is 2. The molecule has 22 heavy (non-hydrogen) atoms. The number of hydrogen-bond acceptors (Lipinski definition) is 6. The van der Waals surface area contributed by atoms with Gasteiger partial charge in [0.2, 0.25) is 0 Å². The highest BCUT2D eigenvalue weighted by Gasteiger charge is 2.05. The van der Waals surface area contributed by atoms with Gasteiger partial charge in [0.05, 0.1) is 14.2 Å². The summed E-state index contributed by atoms with van der Waals surface area (Å²) in [6, 6.07) is 9.82. The second-order valence-corrected chi connectivity index (χ2v) is 4.54. The molecular formula is C16H18O6. The van der Waals surface area contributed by atoms with Gasteiger partial charge in [-0.25, -0.2) is 9.78 Å². The molecule has 6 nitrogen and oxygen atoms in total. The minimum absolute atomic E-state index is 0.0726. The summed E-state index contributed by atoms with van der Waals surface area (Å²) in [6.45, 7) is 0.428. The fraction of sp³-hybridized carbons (Fsp3) is 0.250. The number of aromatic hydroxyl groups is 2. The van der Waals surface area contributed by atoms with Crippen molar-refractivity contribution in [3.05, 3.63) is 47.5 Å². The Bertz CT molecular complexity index is 571. The van der Waals surface area contributed by atoms with Crippen LogP contribution in [0.15, 0.2) is 36.4 Å². The Hall–Kier alpha value is -2.44. The Morgan fingerprint density at radius 1 is 0.727 bits per heavy atom. The van der Waals surface area contributed by atoms with Crippen molar-refractivity contribution >= 4 is 0 Å². The van der Waals surface area contributed by atoms with E-state index in [-0.39, 0.29) is 24.7 Å². The molecule has 0 fully saturated rings. The second kappa shape index (κ2) is 7.53. The van der Waals surface area contributed by atoms with Crippen molar-refractivity contribution in [2.45, 2.75) is 13.2 Å². The van der Waals surface area contributed by atoms with E-state index in [2.05, 4.69) is 0 Å². The third-order valence-corrected chi connectivity index (χ3v) is 3.02. The monoisotopic (exact) mass is 306 g/mol. The number of phenols is 2. The standard InChI is InChI=1S/C16H18O6/c1-19-15-7-11(3-5-13(15)17)9-21-22-10-12-4-6-14(18)16(8-12)20-2/h3-8,17-18H,9-10H2,1-2H3. The Kier molecular flexibility index (Phi) is 5.46. The predicted octanol–water partition coefficient (Wildman–Crippen LogP) is 2.76. The molecule has 0 aromatic heterocycles. The molecule has 0 heterocycles. The number of rotatable bonds is 7. The molecule has 6 heteroatoms. The average molecular weight is 306 g/mol. The van der Waals surface area contributed by atoms with E-state index < -0.39 is 0 Å². The summed E-state index contributed by atoms with van der Waals surface area (Å²) >= 11 is 0. The maximum absolute atomic E-state index is 9.50. The molecular weight excluding hydrogens is 288 g/mol. The minimum atomic E-state index is 0.0726. The molecule has 0 aliphatic heterocycles. The second-order valence-electron chi connectivity index (χ2n) is 4.54. The first kappa shape index (κ1) is 15.9. The summed E-state index contributed by atoms with van der Waals surface area (Å²) in [7, 11) is 2.96. The zero-order chi connectivity index (χ0) is 15.9. The summed E-state index contributed by atoms with van der Waals surface area (Å²) in [4.78, 5) is 10.3. The van der Waals surface area contributed by atoms with E-state index in [0.29, 0.717) is 11.5 Å². The molecule has 2 aromatic carbocycles. The van der Waals surface area contributed by atoms with Crippen LogP contribution in [0, 0.1) is 0 Å². The van der Waals surface area contributed by atoms with Crippen LogP contribution in [0.25, 0.3) is 0 Å². The summed E-state index contributed by atoms with van der Waals surface area (Å²) in [6.07, 6.45) is 0. The highest BCUT2D eigenvalue weighted by atomic mass is 17.2. The zero-order valence-electron chi connectivity index (χ0n) is 12.4. The van der Waals surface area contributed by atoms with Gasteiger partial charge in [-0.05, 0) is 35.4 Å². The minimum Gasteiger partial charge on any atom is -0.504 e. The quantitative estimate of drug-likeness (QED) is 0.465. The van der Waals surface area contributed by atoms with E-state index in [0.717, 1.165) is 11.1 Å². The van der Waals surface area contributed by atoms with Gasteiger partial charge in [0.25, 0.3) is 0 Å². The summed E-state index contributed by atoms with van der Waals surface area (Å²) in [5.41, 5.74) is 1.61. The molecule has 0 saturated carbocycles. The van der Waals surface area contributed by atoms with E-state index in [1.165, 1.54) is 26.4 Å². The van der Waals surface area contributed by atoms with Gasteiger partial charge in [0.15, 0.2) is 23.0 Å². The molecule has 0 spiro atoms. The molecule has 0 atom stereocenters. The van der Waals surface area contributed by atoms with Gasteiger partial charge in [-0.2, -0.15) is 0 Å². The van der Waals surface area contributed by atoms with E-state index in [1.807, 2.05) is 0 Å². The SMILES string of the molecule is COc1cc(COOCc2ccc(O)c(OC)c2)ccc1O. The zero-order valence-corrected chi connectivity index (χ0v) is 12.4. The first-order valence-electron chi connectivity index (χ1n) is 6.60. The van der Waals surface area contributed by atoms with Crippen molar-refractivity contribution in [1.82, 2.24) is 0 Å². The topological polar surface area (TPSA) is 77.4 Å². The molecule has 2 N–H and O–H groups in total. The van der Waals surface area contributed by atoms with Gasteiger partial charge in [-0.1, -0.05) is 12.1 Å². The van der Waals surface area contributed by atoms with Crippen LogP contribution in [0.2, 0.25) is 0 Å². The van der Waals surface area contributed by atoms with E-state index in [1.54, 1.807) is 24.3 Å². The molecule has 2 aromatic rings. The van der Waals surface area contributed by atoms with Crippen LogP contribution in [0.5, 0.6) is 23.0 Å². The Balaban J connectivity index is 1.84. The Morgan fingerprint density at radius 2 is 1.14 bits per heavy atom. The van der Waals surface area contributed by atoms with Crippen LogP contribution in [-0.4, -0.2) is 24.4 Å². The largest absolute Gasteiger partial charge is 0.504 e. The van der Waals surface area contributed by atoms with Crippen LogP contribution in [0.3, 0.4) is 0 Å². The van der Waals surface area contributed by atoms with Gasteiger partial charge >= 0.3 is 0 Å². The van der Waals surface area contributed by atoms with Crippen LogP contribution < -0.4 is 9.47 Å². The van der Waals surface area contributed by atoms with Gasteiger partial charge in [-0.15, -0.1) is 0 Å². The predicted molar refractivity (Wildman–Crippen MR) is 78.9 cm³/mol. The maximum atomic E-state index is 9.50. The number of ether oxygens (including phenoxy) is 2. The summed E-state index contributed by atoms with van der Waals surface area (Å²) in [5, 5.41) is 19.0. The van der Waals surface area contributed by atoms with Crippen molar-refractivity contribution < 1.29 is 29.5 Å². The molecule has 0 bridgehead atoms. The van der Waals surface area contributed by atoms with Crippen LogP contribution in [-0.2, 0) is 23.0 Å². The average Bonchev–Trinajstić information content (AvgIpc) is 2.54. The lowest BCUT2D eigenvalue weighted by Gasteiger charge is -2.08. The lowest BCUT2D eigenvalue weighted by atomic mass is 10.2. The molecule has 0 saturated heterocycles. The van der Waals surface area contributed by atoms with Gasteiger partial charge in [0, 0.05) is 0 Å². The summed E-state index contributed by atoms with van der Waals surface area (Å²) in [5.74, 6) is 0.903. The third-order valence-electron chi connectivity index (χ3n) is 3.02. The first-order valence-corrected chi connectivity index (χ1v) is 6.60. The fourth-order valence-corrected chi connectivity index (χ4v) is 1.84. The van der Waals surface area contributed by atoms with Crippen molar-refractivity contribution in [2.75, 3.05) is 14.2 Å². The number of hydrogen-bond donors (Lipinski definition) is 2. The first-order chi connectivity index (χ1) is 10.6. The summed E-state index contributed by atoms with van der Waals surface area (Å²) < 4.78 is 10.0. The number of benzene rings is 2. The molecule has 118 valence electrons. The van der Waals surface area contributed by atoms with Crippen LogP contribution >= 0.6 is 0 Å². The van der Waals surface area contributed by atoms with E-state index >= 15 is 0 Å². The fourth-order valence-electron chi connectivity index (χ4n) is 1.84. The smallest absolute Gasteiger partial charge is 0.160 e. The lowest BCUT2D eigenvalue weighted by molar-refractivity contribution is -0.313. The molecule has 0 amide bonds. The molecule has 0 aliphatic carbocycles. The van der Waals surface area contributed by atoms with Gasteiger partial charge < -0.3 is 19.7 Å². The third kappa shape index (κ3) is 4.03. The van der Waals surface area contributed by atoms with Crippen LogP contribution in [0.1, 0.15) is 11.1 Å². The van der Waals surface area contributed by atoms with Crippen molar-refractivity contribution in [3.8, 4) is 23.0 Å². The Labute approximate surface area is 128 Å². The van der Waals surface area contributed by atoms with Crippen molar-refractivity contribution in [3.63, 3.8) is 0 Å². The molecule has 2 rings (SSSR count). The van der Waals surface area contributed by atoms with Crippen molar-refractivity contribution in [2.24, 2.45) is 0 Å². The normalized spacial score (nSPS) is 10.5. The van der Waals surface area contributed by atoms with Crippen LogP contribution in [0.4, 0.5) is 0 Å². The van der Waals surface area contributed by atoms with Gasteiger partial charge in [-0.3, -0.25) is 0 Å². The lowest BCUT2D eigenvalue weighted by Crippen LogP contribution is -1.97. The molecule has 0 radical (unpaired) electrons. The van der Waals surface area contributed by atoms with Gasteiger partial charge in [0.1, 0.15) is 13.2 Å². The molecule has 0 unspecified atom stereocenters. The van der Waals surface area contributed by atoms with E-state index in [9.17, 15) is 10.2 Å². The highest BCUT2D eigenvalue weighted by Crippen LogP contribution is 2.27. The highest BCUT2D eigenvalue weighted by molar-refractivity contribution is 5.42. The molecule has 0 aliphatic rings. The van der Waals surface area contributed by atoms with Crippen molar-refractivity contribution in [1.29, 1.82) is 0 Å². The Morgan fingerprint density at radius 3 is 1.50 bits per heavy atom. The maximum Gasteiger partial charge on any atom is 0.160 e. The number of methoxy groups -OCH3 is 2. The van der Waals surface area contributed by atoms with E-state index in [4.69, 9.17) is 19.2 Å².